The Balaban J connectivity index is 1.95. The van der Waals surface area contributed by atoms with Crippen LogP contribution in [-0.4, -0.2) is 43.3 Å². The van der Waals surface area contributed by atoms with E-state index in [9.17, 15) is 14.4 Å². The number of anilines is 1. The Morgan fingerprint density at radius 2 is 1.70 bits per heavy atom. The van der Waals surface area contributed by atoms with E-state index < -0.39 is 17.8 Å². The zero-order valence-corrected chi connectivity index (χ0v) is 14.6. The molecule has 0 radical (unpaired) electrons. The van der Waals surface area contributed by atoms with Crippen molar-refractivity contribution in [2.45, 2.75) is 0 Å². The van der Waals surface area contributed by atoms with Crippen molar-refractivity contribution < 1.29 is 29.0 Å². The Bertz CT molecular complexity index is 877. The molecule has 2 aromatic carbocycles. The number of benzene rings is 2. The summed E-state index contributed by atoms with van der Waals surface area (Å²) in [7, 11) is 2.91. The molecule has 3 N–H and O–H groups in total. The fraction of sp³-hybridized carbons (Fsp3) is 0.111. The van der Waals surface area contributed by atoms with Gasteiger partial charge in [-0.05, 0) is 29.8 Å². The van der Waals surface area contributed by atoms with E-state index in [0.717, 1.165) is 0 Å². The normalized spacial score (nSPS) is 10.3. The van der Waals surface area contributed by atoms with Crippen molar-refractivity contribution in [2.75, 3.05) is 19.5 Å². The first-order chi connectivity index (χ1) is 12.9. The molecule has 27 heavy (non-hydrogen) atoms. The number of rotatable bonds is 6. The SMILES string of the molecule is COc1ccc(NC(=O)C(=O)NN=Cc2ccc(C(=O)O)cc2)c(OC)c1. The molecule has 0 aliphatic heterocycles. The molecule has 0 saturated heterocycles. The van der Waals surface area contributed by atoms with Crippen molar-refractivity contribution in [3.63, 3.8) is 0 Å². The maximum absolute atomic E-state index is 11.9. The summed E-state index contributed by atoms with van der Waals surface area (Å²) in [6.07, 6.45) is 1.28. The molecule has 0 heterocycles. The molecule has 0 atom stereocenters. The molecule has 9 heteroatoms. The maximum atomic E-state index is 11.9. The van der Waals surface area contributed by atoms with E-state index in [1.165, 1.54) is 50.8 Å². The van der Waals surface area contributed by atoms with Crippen molar-refractivity contribution in [1.82, 2.24) is 5.43 Å². The predicted octanol–water partition coefficient (Wildman–Crippen LogP) is 1.49. The lowest BCUT2D eigenvalue weighted by molar-refractivity contribution is -0.136. The fourth-order valence-electron chi connectivity index (χ4n) is 2.01. The van der Waals surface area contributed by atoms with Crippen molar-refractivity contribution in [1.29, 1.82) is 0 Å². The van der Waals surface area contributed by atoms with Crippen LogP contribution in [0.5, 0.6) is 11.5 Å². The van der Waals surface area contributed by atoms with Crippen LogP contribution in [0.3, 0.4) is 0 Å². The number of nitrogens with one attached hydrogen (secondary N) is 2. The van der Waals surface area contributed by atoms with Gasteiger partial charge < -0.3 is 19.9 Å². The Hall–Kier alpha value is -3.88. The standard InChI is InChI=1S/C18H17N3O6/c1-26-13-7-8-14(15(9-13)27-2)20-16(22)17(23)21-19-10-11-3-5-12(6-4-11)18(24)25/h3-10H,1-2H3,(H,20,22)(H,21,23)(H,24,25). The Morgan fingerprint density at radius 1 is 1.00 bits per heavy atom. The van der Waals surface area contributed by atoms with E-state index in [-0.39, 0.29) is 5.56 Å². The minimum Gasteiger partial charge on any atom is -0.497 e. The molecule has 0 aliphatic carbocycles. The molecule has 0 bridgehead atoms. The Kier molecular flexibility index (Phi) is 6.48. The summed E-state index contributed by atoms with van der Waals surface area (Å²) >= 11 is 0. The molecular formula is C18H17N3O6. The highest BCUT2D eigenvalue weighted by Gasteiger charge is 2.15. The number of nitrogens with zero attached hydrogens (tertiary/aromatic N) is 1. The first-order valence-electron chi connectivity index (χ1n) is 7.64. The fourth-order valence-corrected chi connectivity index (χ4v) is 2.01. The highest BCUT2D eigenvalue weighted by atomic mass is 16.5. The summed E-state index contributed by atoms with van der Waals surface area (Å²) in [5.74, 6) is -2.09. The number of carbonyl (C=O) groups is 3. The van der Waals surface area contributed by atoms with Gasteiger partial charge >= 0.3 is 17.8 Å². The molecule has 2 aromatic rings. The van der Waals surface area contributed by atoms with E-state index in [0.29, 0.717) is 22.7 Å². The van der Waals surface area contributed by atoms with Crippen LogP contribution < -0.4 is 20.2 Å². The van der Waals surface area contributed by atoms with Gasteiger partial charge in [0.1, 0.15) is 11.5 Å². The minimum atomic E-state index is -1.04. The molecule has 2 amide bonds. The lowest BCUT2D eigenvalue weighted by Crippen LogP contribution is -2.32. The van der Waals surface area contributed by atoms with E-state index >= 15 is 0 Å². The van der Waals surface area contributed by atoms with Crippen LogP contribution in [0.4, 0.5) is 5.69 Å². The summed E-state index contributed by atoms with van der Waals surface area (Å²) in [5, 5.41) is 14.9. The third kappa shape index (κ3) is 5.30. The van der Waals surface area contributed by atoms with Crippen LogP contribution in [0.1, 0.15) is 15.9 Å². The topological polar surface area (TPSA) is 126 Å². The van der Waals surface area contributed by atoms with Gasteiger partial charge in [0.2, 0.25) is 0 Å². The summed E-state index contributed by atoms with van der Waals surface area (Å²) in [6.45, 7) is 0. The number of carboxylic acids is 1. The summed E-state index contributed by atoms with van der Waals surface area (Å²) in [6, 6.07) is 10.5. The lowest BCUT2D eigenvalue weighted by atomic mass is 10.1. The highest BCUT2D eigenvalue weighted by Crippen LogP contribution is 2.28. The third-order valence-corrected chi connectivity index (χ3v) is 3.40. The molecular weight excluding hydrogens is 354 g/mol. The average Bonchev–Trinajstić information content (AvgIpc) is 2.68. The van der Waals surface area contributed by atoms with E-state index in [4.69, 9.17) is 14.6 Å². The largest absolute Gasteiger partial charge is 0.497 e. The van der Waals surface area contributed by atoms with Crippen LogP contribution in [-0.2, 0) is 9.59 Å². The highest BCUT2D eigenvalue weighted by molar-refractivity contribution is 6.39. The van der Waals surface area contributed by atoms with Crippen LogP contribution in [0.25, 0.3) is 0 Å². The predicted molar refractivity (Wildman–Crippen MR) is 97.3 cm³/mol. The van der Waals surface area contributed by atoms with Crippen LogP contribution >= 0.6 is 0 Å². The number of amides is 2. The Labute approximate surface area is 154 Å². The number of aromatic carboxylic acids is 1. The average molecular weight is 371 g/mol. The van der Waals surface area contributed by atoms with Gasteiger partial charge in [-0.1, -0.05) is 12.1 Å². The van der Waals surface area contributed by atoms with E-state index in [1.807, 2.05) is 0 Å². The van der Waals surface area contributed by atoms with Crippen LogP contribution in [0, 0.1) is 0 Å². The van der Waals surface area contributed by atoms with Gasteiger partial charge in [0, 0.05) is 6.07 Å². The van der Waals surface area contributed by atoms with E-state index in [1.54, 1.807) is 12.1 Å². The maximum Gasteiger partial charge on any atom is 0.335 e. The number of methoxy groups -OCH3 is 2. The summed E-state index contributed by atoms with van der Waals surface area (Å²) in [4.78, 5) is 34.5. The first-order valence-corrected chi connectivity index (χ1v) is 7.64. The molecule has 0 unspecified atom stereocenters. The first kappa shape index (κ1) is 19.4. The van der Waals surface area contributed by atoms with Gasteiger partial charge in [-0.2, -0.15) is 5.10 Å². The Morgan fingerprint density at radius 3 is 2.30 bits per heavy atom. The minimum absolute atomic E-state index is 0.129. The molecule has 0 aromatic heterocycles. The van der Waals surface area contributed by atoms with Gasteiger partial charge in [-0.15, -0.1) is 0 Å². The smallest absolute Gasteiger partial charge is 0.335 e. The van der Waals surface area contributed by atoms with Gasteiger partial charge in [0.05, 0.1) is 31.7 Å². The van der Waals surface area contributed by atoms with Gasteiger partial charge in [0.25, 0.3) is 0 Å². The second kappa shape index (κ2) is 8.99. The number of carboxylic acid groups (broad SMARTS) is 1. The molecule has 0 saturated carbocycles. The second-order valence-electron chi connectivity index (χ2n) is 5.15. The molecule has 2 rings (SSSR count). The molecule has 140 valence electrons. The van der Waals surface area contributed by atoms with Gasteiger partial charge in [-0.3, -0.25) is 9.59 Å². The molecule has 0 aliphatic rings. The quantitative estimate of drug-likeness (QED) is 0.401. The van der Waals surface area contributed by atoms with Gasteiger partial charge in [0.15, 0.2) is 0 Å². The number of carbonyl (C=O) groups excluding carboxylic acids is 2. The molecule has 0 spiro atoms. The van der Waals surface area contributed by atoms with Crippen molar-refractivity contribution >= 4 is 29.7 Å². The number of hydrogen-bond acceptors (Lipinski definition) is 6. The summed E-state index contributed by atoms with van der Waals surface area (Å²) < 4.78 is 10.2. The van der Waals surface area contributed by atoms with Crippen LogP contribution in [0.2, 0.25) is 0 Å². The zero-order valence-electron chi connectivity index (χ0n) is 14.6. The van der Waals surface area contributed by atoms with Crippen LogP contribution in [0.15, 0.2) is 47.6 Å². The molecule has 0 fully saturated rings. The monoisotopic (exact) mass is 371 g/mol. The number of hydrazone groups is 1. The lowest BCUT2D eigenvalue weighted by Gasteiger charge is -2.10. The third-order valence-electron chi connectivity index (χ3n) is 3.40. The second-order valence-corrected chi connectivity index (χ2v) is 5.15. The number of ether oxygens (including phenoxy) is 2. The summed E-state index contributed by atoms with van der Waals surface area (Å²) in [5.41, 5.74) is 3.07. The van der Waals surface area contributed by atoms with Crippen molar-refractivity contribution in [3.05, 3.63) is 53.6 Å². The zero-order chi connectivity index (χ0) is 19.8. The number of hydrogen-bond donors (Lipinski definition) is 3. The van der Waals surface area contributed by atoms with E-state index in [2.05, 4.69) is 15.8 Å². The van der Waals surface area contributed by atoms with Gasteiger partial charge in [-0.25, -0.2) is 10.2 Å². The van der Waals surface area contributed by atoms with Crippen molar-refractivity contribution in [2.24, 2.45) is 5.10 Å². The van der Waals surface area contributed by atoms with Crippen molar-refractivity contribution in [3.8, 4) is 11.5 Å². The molecule has 9 nitrogen and oxygen atoms in total.